The van der Waals surface area contributed by atoms with Crippen LogP contribution in [0.4, 0.5) is 0 Å². The first-order chi connectivity index (χ1) is 8.81. The highest BCUT2D eigenvalue weighted by Gasteiger charge is 2.27. The van der Waals surface area contributed by atoms with Gasteiger partial charge in [-0.2, -0.15) is 0 Å². The topological polar surface area (TPSA) is 46.0 Å². The van der Waals surface area contributed by atoms with Crippen LogP contribution in [-0.2, 0) is 0 Å². The van der Waals surface area contributed by atoms with Crippen molar-refractivity contribution in [3.63, 3.8) is 0 Å². The predicted molar refractivity (Wildman–Crippen MR) is 72.0 cm³/mol. The molecular weight excluding hydrogens is 224 g/mol. The van der Waals surface area contributed by atoms with Crippen LogP contribution in [0.5, 0.6) is 0 Å². The Morgan fingerprint density at radius 1 is 1.22 bits per heavy atom. The molecule has 0 amide bonds. The molecule has 1 saturated carbocycles. The van der Waals surface area contributed by atoms with Crippen molar-refractivity contribution < 1.29 is 5.11 Å². The molecule has 1 aromatic heterocycles. The minimum Gasteiger partial charge on any atom is -0.388 e. The van der Waals surface area contributed by atoms with E-state index in [4.69, 9.17) is 0 Å². The van der Waals surface area contributed by atoms with Crippen LogP contribution in [-0.4, -0.2) is 15.1 Å². The summed E-state index contributed by atoms with van der Waals surface area (Å²) in [6.07, 6.45) is 13.5. The van der Waals surface area contributed by atoms with Crippen molar-refractivity contribution in [1.82, 2.24) is 9.97 Å². The van der Waals surface area contributed by atoms with E-state index in [0.29, 0.717) is 5.92 Å². The molecule has 1 aromatic rings. The van der Waals surface area contributed by atoms with E-state index >= 15 is 0 Å². The van der Waals surface area contributed by atoms with Gasteiger partial charge in [-0.25, -0.2) is 9.97 Å². The van der Waals surface area contributed by atoms with Gasteiger partial charge in [0.1, 0.15) is 6.33 Å². The summed E-state index contributed by atoms with van der Waals surface area (Å²) in [5.41, 5.74) is 0.870. The van der Waals surface area contributed by atoms with E-state index in [1.165, 1.54) is 38.4 Å². The fourth-order valence-corrected chi connectivity index (χ4v) is 3.02. The van der Waals surface area contributed by atoms with E-state index in [1.807, 2.05) is 0 Å². The molecule has 0 aromatic carbocycles. The van der Waals surface area contributed by atoms with Crippen LogP contribution in [0.1, 0.15) is 63.5 Å². The molecule has 2 rings (SSSR count). The van der Waals surface area contributed by atoms with Gasteiger partial charge in [-0.15, -0.1) is 0 Å². The summed E-state index contributed by atoms with van der Waals surface area (Å²) < 4.78 is 0. The zero-order valence-corrected chi connectivity index (χ0v) is 11.3. The molecule has 18 heavy (non-hydrogen) atoms. The summed E-state index contributed by atoms with van der Waals surface area (Å²) in [6, 6.07) is 0. The maximum atomic E-state index is 10.3. The molecule has 3 heteroatoms. The lowest BCUT2D eigenvalue weighted by Crippen LogP contribution is -2.20. The number of nitrogens with zero attached hydrogens (tertiary/aromatic N) is 2. The highest BCUT2D eigenvalue weighted by atomic mass is 16.3. The Kier molecular flexibility index (Phi) is 5.12. The smallest absolute Gasteiger partial charge is 0.115 e. The molecule has 1 heterocycles. The van der Waals surface area contributed by atoms with Gasteiger partial charge in [-0.1, -0.05) is 39.0 Å². The van der Waals surface area contributed by atoms with Crippen LogP contribution >= 0.6 is 0 Å². The summed E-state index contributed by atoms with van der Waals surface area (Å²) >= 11 is 0. The first-order valence-electron chi connectivity index (χ1n) is 7.24. The van der Waals surface area contributed by atoms with Gasteiger partial charge in [0.05, 0.1) is 6.10 Å². The van der Waals surface area contributed by atoms with Gasteiger partial charge in [0.25, 0.3) is 0 Å². The zero-order chi connectivity index (χ0) is 12.8. The molecule has 1 aliphatic carbocycles. The van der Waals surface area contributed by atoms with Gasteiger partial charge in [-0.05, 0) is 24.7 Å². The third-order valence-electron chi connectivity index (χ3n) is 4.23. The van der Waals surface area contributed by atoms with E-state index in [1.54, 1.807) is 12.4 Å². The van der Waals surface area contributed by atoms with E-state index in [2.05, 4.69) is 16.9 Å². The number of unbranched alkanes of at least 4 members (excludes halogenated alkanes) is 1. The largest absolute Gasteiger partial charge is 0.388 e. The van der Waals surface area contributed by atoms with E-state index in [9.17, 15) is 5.11 Å². The summed E-state index contributed by atoms with van der Waals surface area (Å²) in [7, 11) is 0. The summed E-state index contributed by atoms with van der Waals surface area (Å²) in [6.45, 7) is 2.25. The molecule has 1 aliphatic rings. The summed E-state index contributed by atoms with van der Waals surface area (Å²) in [5.74, 6) is 1.29. The Hall–Kier alpha value is -0.960. The SMILES string of the molecule is CCCCC1CCC(C(O)c2cncnc2)CC1. The van der Waals surface area contributed by atoms with Crippen LogP contribution in [0.15, 0.2) is 18.7 Å². The minimum absolute atomic E-state index is 0.377. The Labute approximate surface area is 110 Å². The molecular formula is C15H24N2O. The van der Waals surface area contributed by atoms with E-state index < -0.39 is 0 Å². The number of aliphatic hydroxyl groups is 1. The number of aromatic nitrogens is 2. The monoisotopic (exact) mass is 248 g/mol. The average molecular weight is 248 g/mol. The van der Waals surface area contributed by atoms with E-state index in [-0.39, 0.29) is 6.10 Å². The van der Waals surface area contributed by atoms with Crippen molar-refractivity contribution in [2.75, 3.05) is 0 Å². The molecule has 0 radical (unpaired) electrons. The van der Waals surface area contributed by atoms with Crippen LogP contribution in [0.2, 0.25) is 0 Å². The summed E-state index contributed by atoms with van der Waals surface area (Å²) in [5, 5.41) is 10.3. The van der Waals surface area contributed by atoms with E-state index in [0.717, 1.165) is 24.3 Å². The Morgan fingerprint density at radius 2 is 1.89 bits per heavy atom. The van der Waals surface area contributed by atoms with Crippen molar-refractivity contribution in [2.24, 2.45) is 11.8 Å². The lowest BCUT2D eigenvalue weighted by molar-refractivity contribution is 0.0714. The quantitative estimate of drug-likeness (QED) is 0.867. The maximum absolute atomic E-state index is 10.3. The maximum Gasteiger partial charge on any atom is 0.115 e. The molecule has 3 nitrogen and oxygen atoms in total. The molecule has 0 bridgehead atoms. The first kappa shape index (κ1) is 13.5. The second kappa shape index (κ2) is 6.83. The fraction of sp³-hybridized carbons (Fsp3) is 0.733. The number of hydrogen-bond donors (Lipinski definition) is 1. The highest BCUT2D eigenvalue weighted by Crippen LogP contribution is 2.38. The summed E-state index contributed by atoms with van der Waals surface area (Å²) in [4.78, 5) is 7.97. The Morgan fingerprint density at radius 3 is 2.50 bits per heavy atom. The molecule has 0 aliphatic heterocycles. The Balaban J connectivity index is 1.82. The van der Waals surface area contributed by atoms with Gasteiger partial charge in [0.2, 0.25) is 0 Å². The predicted octanol–water partition coefficient (Wildman–Crippen LogP) is 3.51. The molecule has 1 atom stereocenters. The van der Waals surface area contributed by atoms with Crippen molar-refractivity contribution in [1.29, 1.82) is 0 Å². The average Bonchev–Trinajstić information content (AvgIpc) is 2.46. The fourth-order valence-electron chi connectivity index (χ4n) is 3.02. The van der Waals surface area contributed by atoms with Crippen LogP contribution in [0.3, 0.4) is 0 Å². The Bertz CT molecular complexity index is 334. The normalized spacial score (nSPS) is 25.9. The van der Waals surface area contributed by atoms with Gasteiger partial charge in [0.15, 0.2) is 0 Å². The number of hydrogen-bond acceptors (Lipinski definition) is 3. The zero-order valence-electron chi connectivity index (χ0n) is 11.3. The van der Waals surface area contributed by atoms with Gasteiger partial charge in [0, 0.05) is 18.0 Å². The van der Waals surface area contributed by atoms with Crippen molar-refractivity contribution in [3.05, 3.63) is 24.3 Å². The standard InChI is InChI=1S/C15H24N2O/c1-2-3-4-12-5-7-13(8-6-12)15(18)14-9-16-11-17-10-14/h9-13,15,18H,2-8H2,1H3. The van der Waals surface area contributed by atoms with Gasteiger partial charge < -0.3 is 5.11 Å². The first-order valence-corrected chi connectivity index (χ1v) is 7.24. The number of aliphatic hydroxyl groups excluding tert-OH is 1. The van der Waals surface area contributed by atoms with Crippen molar-refractivity contribution in [2.45, 2.75) is 58.0 Å². The molecule has 100 valence electrons. The third-order valence-corrected chi connectivity index (χ3v) is 4.23. The minimum atomic E-state index is -0.377. The third kappa shape index (κ3) is 3.52. The molecule has 1 fully saturated rings. The highest BCUT2D eigenvalue weighted by molar-refractivity contribution is 5.08. The second-order valence-corrected chi connectivity index (χ2v) is 5.54. The number of rotatable bonds is 5. The molecule has 1 N–H and O–H groups in total. The molecule has 1 unspecified atom stereocenters. The van der Waals surface area contributed by atoms with Crippen LogP contribution in [0.25, 0.3) is 0 Å². The van der Waals surface area contributed by atoms with Crippen molar-refractivity contribution in [3.8, 4) is 0 Å². The second-order valence-electron chi connectivity index (χ2n) is 5.54. The lowest BCUT2D eigenvalue weighted by atomic mass is 9.76. The molecule has 0 saturated heterocycles. The molecule has 0 spiro atoms. The lowest BCUT2D eigenvalue weighted by Gasteiger charge is -2.31. The van der Waals surface area contributed by atoms with Crippen LogP contribution in [0, 0.1) is 11.8 Å². The van der Waals surface area contributed by atoms with Gasteiger partial charge >= 0.3 is 0 Å². The van der Waals surface area contributed by atoms with Gasteiger partial charge in [-0.3, -0.25) is 0 Å². The van der Waals surface area contributed by atoms with Crippen LogP contribution < -0.4 is 0 Å². The van der Waals surface area contributed by atoms with Crippen molar-refractivity contribution >= 4 is 0 Å².